The lowest BCUT2D eigenvalue weighted by molar-refractivity contribution is -0.385. The van der Waals surface area contributed by atoms with Crippen molar-refractivity contribution in [2.45, 2.75) is 13.8 Å². The molecule has 0 radical (unpaired) electrons. The molecule has 0 fully saturated rings. The molecular weight excluding hydrogens is 236 g/mol. The molecule has 0 aliphatic carbocycles. The van der Waals surface area contributed by atoms with Gasteiger partial charge in [0.25, 0.3) is 0 Å². The Kier molecular flexibility index (Phi) is 2.92. The molecule has 18 heavy (non-hydrogen) atoms. The normalized spacial score (nSPS) is 10.4. The first-order valence-electron chi connectivity index (χ1n) is 5.25. The van der Waals surface area contributed by atoms with Crippen molar-refractivity contribution in [3.8, 4) is 5.82 Å². The summed E-state index contributed by atoms with van der Waals surface area (Å²) in [5, 5.41) is 13.9. The third-order valence-electron chi connectivity index (χ3n) is 2.50. The van der Waals surface area contributed by atoms with Crippen LogP contribution in [0.15, 0.2) is 12.4 Å². The quantitative estimate of drug-likeness (QED) is 0.647. The zero-order valence-corrected chi connectivity index (χ0v) is 10.2. The average molecular weight is 248 g/mol. The van der Waals surface area contributed by atoms with Crippen LogP contribution >= 0.6 is 0 Å². The van der Waals surface area contributed by atoms with Crippen LogP contribution in [-0.4, -0.2) is 31.5 Å². The minimum atomic E-state index is -0.483. The smallest absolute Gasteiger partial charge is 0.333 e. The number of aryl methyl sites for hydroxylation is 2. The summed E-state index contributed by atoms with van der Waals surface area (Å²) in [6.07, 6.45) is 3.19. The van der Waals surface area contributed by atoms with Crippen molar-refractivity contribution in [3.05, 3.63) is 34.0 Å². The predicted octanol–water partition coefficient (Wildman–Crippen LogP) is 1.23. The SMILES string of the molecule is CNc1nc(C)c([N+](=O)[O-])c(-n2ccnc2C)n1. The van der Waals surface area contributed by atoms with Crippen LogP contribution in [0.4, 0.5) is 11.6 Å². The van der Waals surface area contributed by atoms with Crippen LogP contribution in [-0.2, 0) is 0 Å². The minimum Gasteiger partial charge on any atom is -0.357 e. The maximum atomic E-state index is 11.1. The van der Waals surface area contributed by atoms with Gasteiger partial charge in [-0.25, -0.2) is 9.97 Å². The van der Waals surface area contributed by atoms with Crippen LogP contribution in [0.25, 0.3) is 5.82 Å². The van der Waals surface area contributed by atoms with Crippen LogP contribution in [0.1, 0.15) is 11.5 Å². The minimum absolute atomic E-state index is 0.116. The van der Waals surface area contributed by atoms with E-state index in [1.165, 1.54) is 0 Å². The summed E-state index contributed by atoms with van der Waals surface area (Å²) in [5.41, 5.74) is 0.192. The van der Waals surface area contributed by atoms with Gasteiger partial charge in [0.2, 0.25) is 11.8 Å². The highest BCUT2D eigenvalue weighted by Gasteiger charge is 2.23. The van der Waals surface area contributed by atoms with Crippen LogP contribution in [0.5, 0.6) is 0 Å². The van der Waals surface area contributed by atoms with Crippen molar-refractivity contribution in [1.29, 1.82) is 0 Å². The number of hydrogen-bond acceptors (Lipinski definition) is 6. The number of rotatable bonds is 3. The fraction of sp³-hybridized carbons (Fsp3) is 0.300. The van der Waals surface area contributed by atoms with Crippen molar-refractivity contribution in [2.75, 3.05) is 12.4 Å². The zero-order chi connectivity index (χ0) is 13.3. The molecule has 0 aromatic carbocycles. The molecule has 2 rings (SSSR count). The summed E-state index contributed by atoms with van der Waals surface area (Å²) in [7, 11) is 1.66. The molecule has 0 spiro atoms. The third kappa shape index (κ3) is 1.88. The zero-order valence-electron chi connectivity index (χ0n) is 10.2. The Labute approximate surface area is 103 Å². The first-order chi connectivity index (χ1) is 8.54. The molecule has 0 aliphatic heterocycles. The number of aromatic nitrogens is 4. The first-order valence-corrected chi connectivity index (χ1v) is 5.25. The van der Waals surface area contributed by atoms with Gasteiger partial charge in [-0.05, 0) is 13.8 Å². The van der Waals surface area contributed by atoms with Gasteiger partial charge in [0.05, 0.1) is 4.92 Å². The lowest BCUT2D eigenvalue weighted by atomic mass is 10.3. The number of nitrogens with one attached hydrogen (secondary N) is 1. The molecule has 94 valence electrons. The molecule has 0 amide bonds. The Balaban J connectivity index is 2.74. The molecule has 0 unspecified atom stereocenters. The van der Waals surface area contributed by atoms with Crippen molar-refractivity contribution >= 4 is 11.6 Å². The lowest BCUT2D eigenvalue weighted by Crippen LogP contribution is -2.10. The summed E-state index contributed by atoms with van der Waals surface area (Å²) >= 11 is 0. The second kappa shape index (κ2) is 4.40. The molecular formula is C10H12N6O2. The van der Waals surface area contributed by atoms with Gasteiger partial charge in [0.1, 0.15) is 11.5 Å². The molecule has 8 nitrogen and oxygen atoms in total. The third-order valence-corrected chi connectivity index (χ3v) is 2.50. The van der Waals surface area contributed by atoms with E-state index < -0.39 is 4.92 Å². The highest BCUT2D eigenvalue weighted by molar-refractivity contribution is 5.53. The van der Waals surface area contributed by atoms with E-state index in [2.05, 4.69) is 20.3 Å². The first kappa shape index (κ1) is 12.0. The molecule has 0 aliphatic rings. The standard InChI is InChI=1S/C10H12N6O2/c1-6-8(16(17)18)9(14-10(11-3)13-6)15-5-4-12-7(15)2/h4-5H,1-3H3,(H,11,13,14). The highest BCUT2D eigenvalue weighted by Crippen LogP contribution is 2.25. The summed E-state index contributed by atoms with van der Waals surface area (Å²) in [4.78, 5) is 22.8. The van der Waals surface area contributed by atoms with Gasteiger partial charge < -0.3 is 5.32 Å². The van der Waals surface area contributed by atoms with Gasteiger partial charge in [-0.3, -0.25) is 14.7 Å². The molecule has 0 bridgehead atoms. The molecule has 0 atom stereocenters. The Bertz CT molecular complexity index is 606. The van der Waals surface area contributed by atoms with Crippen LogP contribution in [0.2, 0.25) is 0 Å². The van der Waals surface area contributed by atoms with E-state index in [4.69, 9.17) is 0 Å². The number of anilines is 1. The van der Waals surface area contributed by atoms with Gasteiger partial charge in [0.15, 0.2) is 0 Å². The topological polar surface area (TPSA) is 98.8 Å². The fourth-order valence-corrected chi connectivity index (χ4v) is 1.65. The lowest BCUT2D eigenvalue weighted by Gasteiger charge is -2.08. The second-order valence-electron chi connectivity index (χ2n) is 3.66. The summed E-state index contributed by atoms with van der Waals surface area (Å²) in [6.45, 7) is 3.33. The van der Waals surface area contributed by atoms with E-state index in [0.29, 0.717) is 17.5 Å². The van der Waals surface area contributed by atoms with Crippen LogP contribution in [0, 0.1) is 24.0 Å². The van der Waals surface area contributed by atoms with Crippen molar-refractivity contribution in [2.24, 2.45) is 0 Å². The van der Waals surface area contributed by atoms with Crippen molar-refractivity contribution in [3.63, 3.8) is 0 Å². The van der Waals surface area contributed by atoms with Crippen LogP contribution in [0.3, 0.4) is 0 Å². The van der Waals surface area contributed by atoms with Gasteiger partial charge in [-0.1, -0.05) is 0 Å². The number of hydrogen-bond donors (Lipinski definition) is 1. The number of imidazole rings is 1. The summed E-state index contributed by atoms with van der Waals surface area (Å²) in [6, 6.07) is 0. The van der Waals surface area contributed by atoms with E-state index >= 15 is 0 Å². The second-order valence-corrected chi connectivity index (χ2v) is 3.66. The molecule has 0 saturated carbocycles. The Morgan fingerprint density at radius 2 is 2.11 bits per heavy atom. The van der Waals surface area contributed by atoms with E-state index in [1.54, 1.807) is 37.9 Å². The van der Waals surface area contributed by atoms with Gasteiger partial charge in [0, 0.05) is 19.4 Å². The van der Waals surface area contributed by atoms with Gasteiger partial charge >= 0.3 is 5.69 Å². The maximum absolute atomic E-state index is 11.1. The Morgan fingerprint density at radius 3 is 2.61 bits per heavy atom. The predicted molar refractivity (Wildman–Crippen MR) is 64.8 cm³/mol. The largest absolute Gasteiger partial charge is 0.357 e. The Hall–Kier alpha value is -2.51. The summed E-state index contributed by atoms with van der Waals surface area (Å²) in [5.74, 6) is 1.17. The Morgan fingerprint density at radius 1 is 1.39 bits per heavy atom. The molecule has 8 heteroatoms. The summed E-state index contributed by atoms with van der Waals surface area (Å²) < 4.78 is 1.56. The average Bonchev–Trinajstić information content (AvgIpc) is 2.73. The molecule has 0 saturated heterocycles. The van der Waals surface area contributed by atoms with Crippen LogP contribution < -0.4 is 5.32 Å². The number of nitro groups is 1. The van der Waals surface area contributed by atoms with Gasteiger partial charge in [-0.15, -0.1) is 0 Å². The van der Waals surface area contributed by atoms with E-state index in [9.17, 15) is 10.1 Å². The van der Waals surface area contributed by atoms with E-state index in [0.717, 1.165) is 0 Å². The van der Waals surface area contributed by atoms with E-state index in [1.807, 2.05) is 0 Å². The fourth-order valence-electron chi connectivity index (χ4n) is 1.65. The monoisotopic (exact) mass is 248 g/mol. The molecule has 2 aromatic heterocycles. The van der Waals surface area contributed by atoms with E-state index in [-0.39, 0.29) is 11.5 Å². The molecule has 2 aromatic rings. The van der Waals surface area contributed by atoms with Crippen molar-refractivity contribution < 1.29 is 4.92 Å². The maximum Gasteiger partial charge on any atom is 0.333 e. The molecule has 1 N–H and O–H groups in total. The molecule has 2 heterocycles. The highest BCUT2D eigenvalue weighted by atomic mass is 16.6. The van der Waals surface area contributed by atoms with Gasteiger partial charge in [-0.2, -0.15) is 4.98 Å². The van der Waals surface area contributed by atoms with Crippen molar-refractivity contribution in [1.82, 2.24) is 19.5 Å². The number of nitrogens with zero attached hydrogens (tertiary/aromatic N) is 5.